The number of carbonyl (C=O) groups excluding carboxylic acids is 1. The largest absolute Gasteiger partial charge is 0.544 e. The molecule has 0 spiro atoms. The first-order chi connectivity index (χ1) is 9.99. The van der Waals surface area contributed by atoms with E-state index in [4.69, 9.17) is 4.74 Å². The Morgan fingerprint density at radius 3 is 2.57 bits per heavy atom. The van der Waals surface area contributed by atoms with Crippen molar-refractivity contribution in [3.63, 3.8) is 0 Å². The van der Waals surface area contributed by atoms with Crippen molar-refractivity contribution in [2.45, 2.75) is 20.8 Å². The van der Waals surface area contributed by atoms with E-state index in [1.54, 1.807) is 6.92 Å². The van der Waals surface area contributed by atoms with E-state index in [0.29, 0.717) is 24.0 Å². The Bertz CT molecular complexity index is 632. The molecule has 0 amide bonds. The van der Waals surface area contributed by atoms with Gasteiger partial charge in [-0.25, -0.2) is 4.98 Å². The van der Waals surface area contributed by atoms with Crippen molar-refractivity contribution in [1.82, 2.24) is 4.98 Å². The van der Waals surface area contributed by atoms with Gasteiger partial charge in [-0.15, -0.1) is 0 Å². The highest BCUT2D eigenvalue weighted by atomic mass is 32.1. The highest BCUT2D eigenvalue weighted by molar-refractivity contribution is 7.17. The van der Waals surface area contributed by atoms with Gasteiger partial charge in [0.05, 0.1) is 23.1 Å². The summed E-state index contributed by atoms with van der Waals surface area (Å²) < 4.78 is 5.76. The number of nitrogens with one attached hydrogen (secondary N) is 1. The summed E-state index contributed by atoms with van der Waals surface area (Å²) in [5.41, 5.74) is 2.66. The number of hydrogen-bond acceptors (Lipinski definition) is 6. The first-order valence-electron chi connectivity index (χ1n) is 6.60. The predicted octanol–water partition coefficient (Wildman–Crippen LogP) is 1.92. The van der Waals surface area contributed by atoms with Gasteiger partial charge in [0.25, 0.3) is 0 Å². The third kappa shape index (κ3) is 3.72. The molecule has 0 aliphatic heterocycles. The lowest BCUT2D eigenvalue weighted by Gasteiger charge is -2.11. The Morgan fingerprint density at radius 1 is 1.33 bits per heavy atom. The number of hydrogen-bond donors (Lipinski definition) is 1. The Hall–Kier alpha value is -2.08. The summed E-state index contributed by atoms with van der Waals surface area (Å²) in [6.07, 6.45) is 0. The Morgan fingerprint density at radius 2 is 2.00 bits per heavy atom. The number of thiazole rings is 1. The van der Waals surface area contributed by atoms with E-state index in [2.05, 4.69) is 10.3 Å². The zero-order valence-corrected chi connectivity index (χ0v) is 13.0. The van der Waals surface area contributed by atoms with Crippen LogP contribution in [0.5, 0.6) is 5.75 Å². The molecule has 0 fully saturated rings. The minimum absolute atomic E-state index is 0.160. The summed E-state index contributed by atoms with van der Waals surface area (Å²) in [6.45, 7) is 6.69. The molecule has 0 aliphatic rings. The number of para-hydroxylation sites is 1. The number of carboxylic acid groups (broad SMARTS) is 1. The van der Waals surface area contributed by atoms with Crippen LogP contribution in [-0.2, 0) is 0 Å². The van der Waals surface area contributed by atoms with Crippen molar-refractivity contribution in [3.05, 3.63) is 39.9 Å². The number of carbonyl (C=O) groups is 1. The van der Waals surface area contributed by atoms with E-state index < -0.39 is 5.97 Å². The van der Waals surface area contributed by atoms with E-state index in [0.717, 1.165) is 28.2 Å². The number of aromatic carboxylic acids is 1. The summed E-state index contributed by atoms with van der Waals surface area (Å²) in [5.74, 6) is -0.296. The smallest absolute Gasteiger partial charge is 0.183 e. The summed E-state index contributed by atoms with van der Waals surface area (Å²) in [6, 6.07) is 6.01. The minimum atomic E-state index is -1.19. The van der Waals surface area contributed by atoms with Crippen LogP contribution in [0.4, 0.5) is 5.13 Å². The van der Waals surface area contributed by atoms with Crippen LogP contribution in [0.15, 0.2) is 18.2 Å². The number of benzene rings is 1. The molecule has 0 radical (unpaired) electrons. The molecule has 1 aromatic heterocycles. The van der Waals surface area contributed by atoms with E-state index in [1.165, 1.54) is 0 Å². The standard InChI is InChI=1S/C15H18N2O3S/c1-9-5-4-6-10(2)12(9)20-8-7-16-15-17-11(3)13(21-15)14(18)19/h4-6H,7-8H2,1-3H3,(H,16,17)(H,18,19)/p-1. The number of rotatable bonds is 6. The van der Waals surface area contributed by atoms with Gasteiger partial charge in [-0.2, -0.15) is 0 Å². The molecule has 0 bridgehead atoms. The highest BCUT2D eigenvalue weighted by Gasteiger charge is 2.08. The lowest BCUT2D eigenvalue weighted by Crippen LogP contribution is -2.21. The maximum absolute atomic E-state index is 10.8. The first-order valence-corrected chi connectivity index (χ1v) is 7.42. The zero-order chi connectivity index (χ0) is 15.4. The molecule has 0 unspecified atom stereocenters. The van der Waals surface area contributed by atoms with Crippen molar-refractivity contribution < 1.29 is 14.6 Å². The molecular weight excluding hydrogens is 288 g/mol. The number of carboxylic acids is 1. The average Bonchev–Trinajstić information content (AvgIpc) is 2.79. The topological polar surface area (TPSA) is 74.3 Å². The second kappa shape index (κ2) is 6.58. The van der Waals surface area contributed by atoms with Crippen molar-refractivity contribution in [2.24, 2.45) is 0 Å². The summed E-state index contributed by atoms with van der Waals surface area (Å²) in [4.78, 5) is 15.1. The van der Waals surface area contributed by atoms with Crippen LogP contribution >= 0.6 is 11.3 Å². The third-order valence-electron chi connectivity index (χ3n) is 3.02. The molecule has 1 heterocycles. The van der Waals surface area contributed by atoms with Crippen LogP contribution in [0, 0.1) is 20.8 Å². The normalized spacial score (nSPS) is 10.4. The maximum atomic E-state index is 10.8. The SMILES string of the molecule is Cc1cccc(C)c1OCCNc1nc(C)c(C(=O)[O-])s1. The van der Waals surface area contributed by atoms with Gasteiger partial charge in [0.2, 0.25) is 0 Å². The molecule has 0 saturated heterocycles. The summed E-state index contributed by atoms with van der Waals surface area (Å²) in [5, 5.41) is 14.5. The number of anilines is 1. The van der Waals surface area contributed by atoms with Crippen molar-refractivity contribution >= 4 is 22.4 Å². The zero-order valence-electron chi connectivity index (χ0n) is 12.2. The average molecular weight is 305 g/mol. The Labute approximate surface area is 127 Å². The molecular formula is C15H17N2O3S-. The first kappa shape index (κ1) is 15.3. The van der Waals surface area contributed by atoms with Gasteiger partial charge >= 0.3 is 0 Å². The second-order valence-electron chi connectivity index (χ2n) is 4.72. The van der Waals surface area contributed by atoms with Crippen molar-refractivity contribution in [2.75, 3.05) is 18.5 Å². The lowest BCUT2D eigenvalue weighted by atomic mass is 10.1. The van der Waals surface area contributed by atoms with Crippen molar-refractivity contribution in [3.8, 4) is 5.75 Å². The summed E-state index contributed by atoms with van der Waals surface area (Å²) >= 11 is 1.08. The fourth-order valence-corrected chi connectivity index (χ4v) is 2.83. The fraction of sp³-hybridized carbons (Fsp3) is 0.333. The van der Waals surface area contributed by atoms with Crippen LogP contribution in [0.25, 0.3) is 0 Å². The van der Waals surface area contributed by atoms with Crippen LogP contribution < -0.4 is 15.2 Å². The molecule has 21 heavy (non-hydrogen) atoms. The van der Waals surface area contributed by atoms with Gasteiger partial charge in [0.15, 0.2) is 5.13 Å². The van der Waals surface area contributed by atoms with Gasteiger partial charge in [-0.3, -0.25) is 0 Å². The molecule has 0 saturated carbocycles. The molecule has 2 rings (SSSR count). The van der Waals surface area contributed by atoms with Crippen molar-refractivity contribution in [1.29, 1.82) is 0 Å². The van der Waals surface area contributed by atoms with Gasteiger partial charge < -0.3 is 20.0 Å². The molecule has 0 aliphatic carbocycles. The molecule has 0 atom stereocenters. The number of aromatic nitrogens is 1. The summed E-state index contributed by atoms with van der Waals surface area (Å²) in [7, 11) is 0. The van der Waals surface area contributed by atoms with E-state index in [-0.39, 0.29) is 4.88 Å². The number of ether oxygens (including phenoxy) is 1. The van der Waals surface area contributed by atoms with Gasteiger partial charge in [0.1, 0.15) is 12.4 Å². The van der Waals surface area contributed by atoms with Crippen LogP contribution in [0.3, 0.4) is 0 Å². The third-order valence-corrected chi connectivity index (χ3v) is 4.11. The Kier molecular flexibility index (Phi) is 4.80. The second-order valence-corrected chi connectivity index (χ2v) is 5.72. The molecule has 5 nitrogen and oxygen atoms in total. The minimum Gasteiger partial charge on any atom is -0.544 e. The number of aryl methyl sites for hydroxylation is 3. The quantitative estimate of drug-likeness (QED) is 0.825. The number of nitrogens with zero attached hydrogens (tertiary/aromatic N) is 1. The van der Waals surface area contributed by atoms with Crippen LogP contribution in [-0.4, -0.2) is 24.1 Å². The van der Waals surface area contributed by atoms with Crippen LogP contribution in [0.2, 0.25) is 0 Å². The van der Waals surface area contributed by atoms with Gasteiger partial charge in [0, 0.05) is 0 Å². The lowest BCUT2D eigenvalue weighted by molar-refractivity contribution is -0.254. The predicted molar refractivity (Wildman–Crippen MR) is 81.1 cm³/mol. The van der Waals surface area contributed by atoms with E-state index in [1.807, 2.05) is 32.0 Å². The molecule has 112 valence electrons. The van der Waals surface area contributed by atoms with Gasteiger partial charge in [-0.05, 0) is 31.9 Å². The maximum Gasteiger partial charge on any atom is 0.183 e. The monoisotopic (exact) mass is 305 g/mol. The van der Waals surface area contributed by atoms with Gasteiger partial charge in [-0.1, -0.05) is 29.5 Å². The molecule has 2 aromatic rings. The Balaban J connectivity index is 1.88. The molecule has 6 heteroatoms. The molecule has 1 N–H and O–H groups in total. The van der Waals surface area contributed by atoms with Crippen LogP contribution in [0.1, 0.15) is 26.5 Å². The highest BCUT2D eigenvalue weighted by Crippen LogP contribution is 2.23. The fourth-order valence-electron chi connectivity index (χ4n) is 2.00. The van der Waals surface area contributed by atoms with E-state index >= 15 is 0 Å². The molecule has 1 aromatic carbocycles. The van der Waals surface area contributed by atoms with E-state index in [9.17, 15) is 9.90 Å².